The number of carboxylic acids is 1. The summed E-state index contributed by atoms with van der Waals surface area (Å²) >= 11 is 0. The Morgan fingerprint density at radius 2 is 1.94 bits per heavy atom. The number of aromatic nitrogens is 3. The van der Waals surface area contributed by atoms with Crippen LogP contribution < -0.4 is 4.74 Å². The third-order valence-corrected chi connectivity index (χ3v) is 6.08. The summed E-state index contributed by atoms with van der Waals surface area (Å²) < 4.78 is 5.76. The molecule has 0 radical (unpaired) electrons. The number of likely N-dealkylation sites (tertiary alicyclic amines) is 1. The van der Waals surface area contributed by atoms with E-state index in [4.69, 9.17) is 4.74 Å². The van der Waals surface area contributed by atoms with Crippen molar-refractivity contribution in [3.63, 3.8) is 0 Å². The molecule has 31 heavy (non-hydrogen) atoms. The monoisotopic (exact) mass is 428 g/mol. The van der Waals surface area contributed by atoms with Gasteiger partial charge in [0.25, 0.3) is 0 Å². The maximum absolute atomic E-state index is 11.8. The molecule has 3 rings (SSSR count). The predicted molar refractivity (Wildman–Crippen MR) is 117 cm³/mol. The van der Waals surface area contributed by atoms with Crippen LogP contribution in [0.15, 0.2) is 30.6 Å². The van der Waals surface area contributed by atoms with Gasteiger partial charge in [-0.25, -0.2) is 0 Å². The lowest BCUT2D eigenvalue weighted by atomic mass is 9.81. The molecule has 0 aliphatic carbocycles. The number of rotatable bonds is 12. The van der Waals surface area contributed by atoms with Gasteiger partial charge in [0, 0.05) is 26.2 Å². The molecule has 1 unspecified atom stereocenters. The quantitative estimate of drug-likeness (QED) is 0.496. The number of carboxylic acid groups (broad SMARTS) is 1. The summed E-state index contributed by atoms with van der Waals surface area (Å²) in [7, 11) is 0. The molecule has 0 aromatic carbocycles. The third kappa shape index (κ3) is 6.29. The molecule has 2 N–H and O–H groups in total. The van der Waals surface area contributed by atoms with Gasteiger partial charge in [-0.05, 0) is 37.5 Å². The summed E-state index contributed by atoms with van der Waals surface area (Å²) in [4.78, 5) is 29.3. The zero-order valence-corrected chi connectivity index (χ0v) is 18.2. The van der Waals surface area contributed by atoms with Crippen LogP contribution >= 0.6 is 0 Å². The normalized spacial score (nSPS) is 18.3. The van der Waals surface area contributed by atoms with Crippen molar-refractivity contribution in [1.82, 2.24) is 20.1 Å². The lowest BCUT2D eigenvalue weighted by Crippen LogP contribution is -2.36. The average molecular weight is 429 g/mol. The van der Waals surface area contributed by atoms with Gasteiger partial charge in [0.2, 0.25) is 5.91 Å². The van der Waals surface area contributed by atoms with Crippen molar-refractivity contribution in [2.45, 2.75) is 58.3 Å². The number of unbranched alkanes of at least 4 members (excludes halogenated alkanes) is 5. The average Bonchev–Trinajstić information content (AvgIpc) is 3.44. The van der Waals surface area contributed by atoms with Gasteiger partial charge in [0.1, 0.15) is 5.75 Å². The van der Waals surface area contributed by atoms with Gasteiger partial charge in [-0.2, -0.15) is 5.10 Å². The SMILES string of the molecule is CC(=O)N1CCC(CCCCCCCCOc2ccc(-c3ccn[nH]3)nc2)(C(=O)O)C1. The zero-order valence-electron chi connectivity index (χ0n) is 18.2. The van der Waals surface area contributed by atoms with Gasteiger partial charge in [0.05, 0.1) is 29.6 Å². The second-order valence-corrected chi connectivity index (χ2v) is 8.35. The van der Waals surface area contributed by atoms with Gasteiger partial charge in [-0.15, -0.1) is 0 Å². The first-order valence-electron chi connectivity index (χ1n) is 11.1. The number of nitrogens with zero attached hydrogens (tertiary/aromatic N) is 3. The first kappa shape index (κ1) is 22.8. The van der Waals surface area contributed by atoms with E-state index in [1.165, 1.54) is 6.92 Å². The number of H-pyrrole nitrogens is 1. The smallest absolute Gasteiger partial charge is 0.311 e. The van der Waals surface area contributed by atoms with Crippen LogP contribution in [0.3, 0.4) is 0 Å². The first-order valence-corrected chi connectivity index (χ1v) is 11.1. The highest BCUT2D eigenvalue weighted by Gasteiger charge is 2.44. The summed E-state index contributed by atoms with van der Waals surface area (Å²) in [5, 5.41) is 16.5. The second kappa shape index (κ2) is 10.9. The van der Waals surface area contributed by atoms with Crippen LogP contribution in [0.4, 0.5) is 0 Å². The third-order valence-electron chi connectivity index (χ3n) is 6.08. The van der Waals surface area contributed by atoms with Crippen LogP contribution in [-0.2, 0) is 9.59 Å². The Morgan fingerprint density at radius 1 is 1.16 bits per heavy atom. The number of aliphatic carboxylic acids is 1. The molecule has 0 saturated carbocycles. The number of ether oxygens (including phenoxy) is 1. The maximum atomic E-state index is 11.8. The number of hydrogen-bond acceptors (Lipinski definition) is 5. The molecule has 0 spiro atoms. The summed E-state index contributed by atoms with van der Waals surface area (Å²) in [5.41, 5.74) is 0.964. The minimum Gasteiger partial charge on any atom is -0.492 e. The first-order chi connectivity index (χ1) is 15.0. The van der Waals surface area contributed by atoms with E-state index in [2.05, 4.69) is 15.2 Å². The Labute approximate surface area is 183 Å². The van der Waals surface area contributed by atoms with Crippen LogP contribution in [0.5, 0.6) is 5.75 Å². The summed E-state index contributed by atoms with van der Waals surface area (Å²) in [6.07, 6.45) is 10.8. The van der Waals surface area contributed by atoms with Crippen molar-refractivity contribution in [2.75, 3.05) is 19.7 Å². The van der Waals surface area contributed by atoms with Gasteiger partial charge >= 0.3 is 5.97 Å². The zero-order chi connectivity index (χ0) is 22.1. The van der Waals surface area contributed by atoms with Gasteiger partial charge < -0.3 is 14.7 Å². The van der Waals surface area contributed by atoms with E-state index in [1.54, 1.807) is 17.3 Å². The molecule has 3 heterocycles. The van der Waals surface area contributed by atoms with E-state index >= 15 is 0 Å². The van der Waals surface area contributed by atoms with Crippen molar-refractivity contribution in [3.05, 3.63) is 30.6 Å². The molecule has 2 aromatic heterocycles. The maximum Gasteiger partial charge on any atom is 0.311 e. The van der Waals surface area contributed by atoms with Crippen molar-refractivity contribution >= 4 is 11.9 Å². The van der Waals surface area contributed by atoms with Crippen LogP contribution in [0.2, 0.25) is 0 Å². The lowest BCUT2D eigenvalue weighted by Gasteiger charge is -2.24. The number of nitrogens with one attached hydrogen (secondary N) is 1. The summed E-state index contributed by atoms with van der Waals surface area (Å²) in [6, 6.07) is 5.70. The Balaban J connectivity index is 1.25. The van der Waals surface area contributed by atoms with E-state index in [1.807, 2.05) is 18.2 Å². The van der Waals surface area contributed by atoms with E-state index in [-0.39, 0.29) is 5.91 Å². The Bertz CT molecular complexity index is 838. The Hall–Kier alpha value is -2.90. The van der Waals surface area contributed by atoms with E-state index < -0.39 is 11.4 Å². The van der Waals surface area contributed by atoms with Crippen LogP contribution in [0, 0.1) is 5.41 Å². The van der Waals surface area contributed by atoms with Crippen molar-refractivity contribution in [2.24, 2.45) is 5.41 Å². The number of amides is 1. The molecule has 1 aliphatic heterocycles. The highest BCUT2D eigenvalue weighted by Crippen LogP contribution is 2.36. The minimum atomic E-state index is -0.763. The molecular weight excluding hydrogens is 396 g/mol. The molecule has 1 aliphatic rings. The predicted octanol–water partition coefficient (Wildman–Crippen LogP) is 3.90. The number of carbonyl (C=O) groups excluding carboxylic acids is 1. The Morgan fingerprint density at radius 3 is 2.55 bits per heavy atom. The fourth-order valence-corrected chi connectivity index (χ4v) is 4.11. The molecule has 0 bridgehead atoms. The summed E-state index contributed by atoms with van der Waals surface area (Å²) in [5.74, 6) is -0.0335. The Kier molecular flexibility index (Phi) is 8.03. The van der Waals surface area contributed by atoms with Crippen LogP contribution in [0.25, 0.3) is 11.4 Å². The minimum absolute atomic E-state index is 0.0325. The van der Waals surface area contributed by atoms with E-state index in [0.717, 1.165) is 55.7 Å². The van der Waals surface area contributed by atoms with E-state index in [0.29, 0.717) is 32.5 Å². The molecule has 1 atom stereocenters. The van der Waals surface area contributed by atoms with Gasteiger partial charge in [-0.3, -0.25) is 19.7 Å². The largest absolute Gasteiger partial charge is 0.492 e. The highest BCUT2D eigenvalue weighted by molar-refractivity contribution is 5.79. The topological polar surface area (TPSA) is 108 Å². The fourth-order valence-electron chi connectivity index (χ4n) is 4.11. The molecule has 1 amide bonds. The standard InChI is InChI=1S/C23H32N4O4/c1-18(28)27-14-12-23(17-27,22(29)30)11-6-4-2-3-5-7-15-31-19-8-9-20(24-16-19)21-10-13-25-26-21/h8-10,13,16H,2-7,11-12,14-15,17H2,1H3,(H,25,26)(H,29,30). The van der Waals surface area contributed by atoms with Crippen molar-refractivity contribution in [1.29, 1.82) is 0 Å². The van der Waals surface area contributed by atoms with Gasteiger partial charge in [-0.1, -0.05) is 32.1 Å². The number of pyridine rings is 1. The van der Waals surface area contributed by atoms with Crippen LogP contribution in [-0.4, -0.2) is 56.8 Å². The van der Waals surface area contributed by atoms with Crippen molar-refractivity contribution in [3.8, 4) is 17.1 Å². The highest BCUT2D eigenvalue weighted by atomic mass is 16.5. The molecule has 1 saturated heterocycles. The molecule has 168 valence electrons. The van der Waals surface area contributed by atoms with E-state index in [9.17, 15) is 14.7 Å². The molecule has 8 nitrogen and oxygen atoms in total. The molecule has 8 heteroatoms. The number of aromatic amines is 1. The number of carbonyl (C=O) groups is 2. The molecule has 2 aromatic rings. The summed E-state index contributed by atoms with van der Waals surface area (Å²) in [6.45, 7) is 3.08. The molecular formula is C23H32N4O4. The van der Waals surface area contributed by atoms with Crippen molar-refractivity contribution < 1.29 is 19.4 Å². The lowest BCUT2D eigenvalue weighted by molar-refractivity contribution is -0.149. The van der Waals surface area contributed by atoms with Crippen LogP contribution in [0.1, 0.15) is 58.3 Å². The van der Waals surface area contributed by atoms with Gasteiger partial charge in [0.15, 0.2) is 0 Å². The molecule has 1 fully saturated rings. The fraction of sp³-hybridized carbons (Fsp3) is 0.565. The number of hydrogen-bond donors (Lipinski definition) is 2. The second-order valence-electron chi connectivity index (χ2n) is 8.35.